The van der Waals surface area contributed by atoms with Crippen molar-refractivity contribution in [3.05, 3.63) is 46.8 Å². The number of aliphatic hydroxyl groups excluding tert-OH is 1. The number of hydrogen-bond donors (Lipinski definition) is 3. The van der Waals surface area contributed by atoms with Gasteiger partial charge in [0, 0.05) is 6.54 Å². The van der Waals surface area contributed by atoms with Crippen molar-refractivity contribution in [2.24, 2.45) is 0 Å². The van der Waals surface area contributed by atoms with E-state index < -0.39 is 6.10 Å². The third kappa shape index (κ3) is 4.60. The van der Waals surface area contributed by atoms with Gasteiger partial charge in [0.2, 0.25) is 0 Å². The van der Waals surface area contributed by atoms with Gasteiger partial charge < -0.3 is 15.7 Å². The van der Waals surface area contributed by atoms with Crippen molar-refractivity contribution in [2.75, 3.05) is 19.6 Å². The fraction of sp³-hybridized carbons (Fsp3) is 0.500. The lowest BCUT2D eigenvalue weighted by atomic mass is 10.1. The molecule has 1 saturated heterocycles. The van der Waals surface area contributed by atoms with Crippen LogP contribution >= 0.6 is 12.4 Å². The highest BCUT2D eigenvalue weighted by atomic mass is 35.5. The maximum Gasteiger partial charge on any atom is 0.273 e. The Bertz CT molecular complexity index is 726. The molecule has 0 radical (unpaired) electrons. The molecule has 0 aliphatic carbocycles. The largest absolute Gasteiger partial charge is 0.387 e. The quantitative estimate of drug-likeness (QED) is 0.735. The Morgan fingerprint density at radius 2 is 1.96 bits per heavy atom. The van der Waals surface area contributed by atoms with Gasteiger partial charge in [0.25, 0.3) is 5.91 Å². The molecule has 7 nitrogen and oxygen atoms in total. The van der Waals surface area contributed by atoms with E-state index in [0.717, 1.165) is 42.8 Å². The van der Waals surface area contributed by atoms with Crippen LogP contribution in [0.1, 0.15) is 52.3 Å². The van der Waals surface area contributed by atoms with Crippen molar-refractivity contribution in [3.63, 3.8) is 0 Å². The molecule has 2 aromatic rings. The Labute approximate surface area is 159 Å². The zero-order valence-corrected chi connectivity index (χ0v) is 15.9. The Hall–Kier alpha value is -1.96. The van der Waals surface area contributed by atoms with Crippen LogP contribution in [0.5, 0.6) is 0 Å². The number of hydrogen-bond acceptors (Lipinski definition) is 5. The van der Waals surface area contributed by atoms with Gasteiger partial charge in [-0.2, -0.15) is 0 Å². The summed E-state index contributed by atoms with van der Waals surface area (Å²) in [5, 5.41) is 24.5. The maximum absolute atomic E-state index is 12.4. The fourth-order valence-corrected chi connectivity index (χ4v) is 3.13. The second kappa shape index (κ2) is 9.12. The molecule has 2 heterocycles. The molecular formula is C18H26ClN5O2. The summed E-state index contributed by atoms with van der Waals surface area (Å²) in [4.78, 5) is 12.4. The van der Waals surface area contributed by atoms with E-state index in [-0.39, 0.29) is 30.9 Å². The first kappa shape index (κ1) is 20.4. The maximum atomic E-state index is 12.4. The van der Waals surface area contributed by atoms with Crippen molar-refractivity contribution in [1.82, 2.24) is 25.6 Å². The second-order valence-corrected chi connectivity index (χ2v) is 6.59. The Morgan fingerprint density at radius 1 is 1.31 bits per heavy atom. The highest BCUT2D eigenvalue weighted by Gasteiger charge is 2.23. The molecule has 1 amide bonds. The number of nitrogens with zero attached hydrogens (tertiary/aromatic N) is 3. The third-order valence-corrected chi connectivity index (χ3v) is 4.72. The normalized spacial score (nSPS) is 16.0. The highest BCUT2D eigenvalue weighted by molar-refractivity contribution is 5.93. The summed E-state index contributed by atoms with van der Waals surface area (Å²) in [6.07, 6.45) is 1.22. The molecule has 26 heavy (non-hydrogen) atoms. The molecule has 0 spiro atoms. The van der Waals surface area contributed by atoms with E-state index in [2.05, 4.69) is 20.9 Å². The average molecular weight is 380 g/mol. The molecule has 1 aliphatic rings. The molecule has 8 heteroatoms. The van der Waals surface area contributed by atoms with Crippen LogP contribution in [-0.4, -0.2) is 45.6 Å². The number of carbonyl (C=O) groups is 1. The van der Waals surface area contributed by atoms with Crippen molar-refractivity contribution in [3.8, 4) is 0 Å². The summed E-state index contributed by atoms with van der Waals surface area (Å²) in [7, 11) is 0. The Balaban J connectivity index is 0.00000243. The number of carbonyl (C=O) groups excluding carboxylic acids is 1. The van der Waals surface area contributed by atoms with E-state index >= 15 is 0 Å². The van der Waals surface area contributed by atoms with Crippen LogP contribution in [0.2, 0.25) is 0 Å². The number of aryl methyl sites for hydroxylation is 1. The average Bonchev–Trinajstić information content (AvgIpc) is 3.02. The number of halogens is 1. The molecule has 1 aromatic heterocycles. The van der Waals surface area contributed by atoms with Gasteiger partial charge in [-0.15, -0.1) is 17.5 Å². The molecular weight excluding hydrogens is 354 g/mol. The van der Waals surface area contributed by atoms with E-state index in [4.69, 9.17) is 0 Å². The summed E-state index contributed by atoms with van der Waals surface area (Å²) in [6, 6.07) is 7.90. The molecule has 1 unspecified atom stereocenters. The van der Waals surface area contributed by atoms with Gasteiger partial charge in [0.15, 0.2) is 5.69 Å². The summed E-state index contributed by atoms with van der Waals surface area (Å²) >= 11 is 0. The molecule has 3 N–H and O–H groups in total. The fourth-order valence-electron chi connectivity index (χ4n) is 3.13. The lowest BCUT2D eigenvalue weighted by Gasteiger charge is -2.23. The Kier molecular flexibility index (Phi) is 7.14. The molecule has 1 atom stereocenters. The van der Waals surface area contributed by atoms with E-state index in [1.165, 1.54) is 0 Å². The van der Waals surface area contributed by atoms with Crippen LogP contribution in [0, 0.1) is 13.8 Å². The van der Waals surface area contributed by atoms with E-state index in [1.807, 2.05) is 42.8 Å². The zero-order valence-electron chi connectivity index (χ0n) is 15.1. The van der Waals surface area contributed by atoms with Gasteiger partial charge in [0.1, 0.15) is 0 Å². The molecule has 3 rings (SSSR count). The predicted octanol–water partition coefficient (Wildman–Crippen LogP) is 1.70. The summed E-state index contributed by atoms with van der Waals surface area (Å²) in [6.45, 7) is 5.91. The lowest BCUT2D eigenvalue weighted by Crippen LogP contribution is -2.31. The van der Waals surface area contributed by atoms with Crippen LogP contribution in [-0.2, 0) is 0 Å². The molecule has 1 fully saturated rings. The number of rotatable bonds is 5. The molecule has 1 aliphatic heterocycles. The molecule has 1 aromatic carbocycles. The summed E-state index contributed by atoms with van der Waals surface area (Å²) < 4.78 is 1.85. The van der Waals surface area contributed by atoms with Crippen molar-refractivity contribution < 1.29 is 9.90 Å². The lowest BCUT2D eigenvalue weighted by molar-refractivity contribution is 0.0910. The first-order valence-electron chi connectivity index (χ1n) is 8.71. The third-order valence-electron chi connectivity index (χ3n) is 4.72. The number of nitrogens with one attached hydrogen (secondary N) is 2. The number of aromatic nitrogens is 3. The van der Waals surface area contributed by atoms with Crippen LogP contribution < -0.4 is 10.6 Å². The van der Waals surface area contributed by atoms with E-state index in [0.29, 0.717) is 5.69 Å². The van der Waals surface area contributed by atoms with E-state index in [1.54, 1.807) is 0 Å². The standard InChI is InChI=1S/C18H25N5O2.ClH/c1-12-3-5-14(6-4-12)16(24)11-20-18(25)17-13(2)23(22-21-17)15-7-9-19-10-8-15;/h3-6,15-16,19,24H,7-11H2,1-2H3,(H,20,25);1H. The first-order chi connectivity index (χ1) is 12.1. The van der Waals surface area contributed by atoms with Crippen LogP contribution in [0.15, 0.2) is 24.3 Å². The number of piperidine rings is 1. The van der Waals surface area contributed by atoms with Gasteiger partial charge >= 0.3 is 0 Å². The van der Waals surface area contributed by atoms with Crippen LogP contribution in [0.25, 0.3) is 0 Å². The van der Waals surface area contributed by atoms with Crippen molar-refractivity contribution >= 4 is 18.3 Å². The van der Waals surface area contributed by atoms with Gasteiger partial charge in [-0.3, -0.25) is 4.79 Å². The van der Waals surface area contributed by atoms with Crippen LogP contribution in [0.3, 0.4) is 0 Å². The van der Waals surface area contributed by atoms with Gasteiger partial charge in [-0.05, 0) is 45.3 Å². The van der Waals surface area contributed by atoms with E-state index in [9.17, 15) is 9.90 Å². The monoisotopic (exact) mass is 379 g/mol. The minimum atomic E-state index is -0.746. The SMILES string of the molecule is Cc1ccc(C(O)CNC(=O)c2nnn(C3CCNCC3)c2C)cc1.Cl. The van der Waals surface area contributed by atoms with Crippen molar-refractivity contribution in [1.29, 1.82) is 0 Å². The smallest absolute Gasteiger partial charge is 0.273 e. The van der Waals surface area contributed by atoms with Gasteiger partial charge in [0.05, 0.1) is 17.8 Å². The number of amides is 1. The highest BCUT2D eigenvalue weighted by Crippen LogP contribution is 2.20. The molecule has 0 saturated carbocycles. The van der Waals surface area contributed by atoms with Gasteiger partial charge in [-0.1, -0.05) is 35.0 Å². The summed E-state index contributed by atoms with van der Waals surface area (Å²) in [5.74, 6) is -0.302. The molecule has 142 valence electrons. The summed E-state index contributed by atoms with van der Waals surface area (Å²) in [5.41, 5.74) is 3.01. The number of aliphatic hydroxyl groups is 1. The topological polar surface area (TPSA) is 92.1 Å². The second-order valence-electron chi connectivity index (χ2n) is 6.59. The van der Waals surface area contributed by atoms with Crippen molar-refractivity contribution in [2.45, 2.75) is 38.8 Å². The minimum absolute atomic E-state index is 0. The predicted molar refractivity (Wildman–Crippen MR) is 102 cm³/mol. The number of benzene rings is 1. The minimum Gasteiger partial charge on any atom is -0.387 e. The van der Waals surface area contributed by atoms with Crippen LogP contribution in [0.4, 0.5) is 0 Å². The molecule has 0 bridgehead atoms. The van der Waals surface area contributed by atoms with Gasteiger partial charge in [-0.25, -0.2) is 4.68 Å². The zero-order chi connectivity index (χ0) is 17.8. The Morgan fingerprint density at radius 3 is 2.62 bits per heavy atom. The first-order valence-corrected chi connectivity index (χ1v) is 8.71.